The van der Waals surface area contributed by atoms with E-state index in [-0.39, 0.29) is 43.4 Å². The number of imide groups is 1. The zero-order valence-corrected chi connectivity index (χ0v) is 21.1. The number of quaternary nitrogens is 1. The highest BCUT2D eigenvalue weighted by molar-refractivity contribution is 5.90. The van der Waals surface area contributed by atoms with Crippen molar-refractivity contribution in [3.8, 4) is 0 Å². The molecule has 188 valence electrons. The molecule has 7 heteroatoms. The summed E-state index contributed by atoms with van der Waals surface area (Å²) in [6.45, 7) is 4.96. The summed E-state index contributed by atoms with van der Waals surface area (Å²) in [7, 11) is 1.67. The Balaban J connectivity index is 1.77. The van der Waals surface area contributed by atoms with Crippen molar-refractivity contribution in [1.29, 1.82) is 0 Å². The molecule has 0 saturated carbocycles. The van der Waals surface area contributed by atoms with Gasteiger partial charge in [0, 0.05) is 5.56 Å². The fourth-order valence-electron chi connectivity index (χ4n) is 4.61. The first-order chi connectivity index (χ1) is 16.8. The molecular formula is C28H38N3O4+. The van der Waals surface area contributed by atoms with Crippen LogP contribution < -0.4 is 5.73 Å². The number of hydrogen-bond acceptors (Lipinski definition) is 6. The highest BCUT2D eigenvalue weighted by Crippen LogP contribution is 2.26. The zero-order chi connectivity index (χ0) is 25.4. The third kappa shape index (κ3) is 6.63. The summed E-state index contributed by atoms with van der Waals surface area (Å²) in [5.41, 5.74) is 8.15. The second-order valence-electron chi connectivity index (χ2n) is 9.70. The molecule has 2 amide bonds. The SMILES string of the molecule is CC[C@H](C)[C@H](N)C(=O)[N+](C)(Cc1ccccc1)C(=O)[C@@H]1CCCN1CC(=O)OCc1ccccc1. The molecule has 2 N–H and O–H groups in total. The van der Waals surface area contributed by atoms with Crippen molar-refractivity contribution < 1.29 is 23.6 Å². The Morgan fingerprint density at radius 1 is 1.06 bits per heavy atom. The maximum absolute atomic E-state index is 14.0. The van der Waals surface area contributed by atoms with E-state index in [9.17, 15) is 14.4 Å². The van der Waals surface area contributed by atoms with E-state index in [0.717, 1.165) is 24.0 Å². The Hall–Kier alpha value is -2.87. The van der Waals surface area contributed by atoms with Gasteiger partial charge in [0.2, 0.25) is 0 Å². The second kappa shape index (κ2) is 12.2. The number of ether oxygens (including phenoxy) is 1. The molecule has 1 saturated heterocycles. The number of likely N-dealkylation sites (tertiary alicyclic amines) is 1. The maximum atomic E-state index is 14.0. The first-order valence-corrected chi connectivity index (χ1v) is 12.4. The van der Waals surface area contributed by atoms with Crippen molar-refractivity contribution in [2.75, 3.05) is 20.1 Å². The Morgan fingerprint density at radius 2 is 1.66 bits per heavy atom. The zero-order valence-electron chi connectivity index (χ0n) is 21.1. The van der Waals surface area contributed by atoms with E-state index >= 15 is 0 Å². The van der Waals surface area contributed by atoms with Crippen molar-refractivity contribution >= 4 is 17.8 Å². The molecule has 7 nitrogen and oxygen atoms in total. The first-order valence-electron chi connectivity index (χ1n) is 12.4. The molecule has 1 heterocycles. The van der Waals surface area contributed by atoms with Crippen LogP contribution in [0, 0.1) is 5.92 Å². The minimum absolute atomic E-state index is 0.0141. The predicted octanol–water partition coefficient (Wildman–Crippen LogP) is 3.27. The van der Waals surface area contributed by atoms with Crippen molar-refractivity contribution in [3.05, 3.63) is 71.8 Å². The number of carbonyl (C=O) groups excluding carboxylic acids is 3. The van der Waals surface area contributed by atoms with E-state index < -0.39 is 16.6 Å². The van der Waals surface area contributed by atoms with Gasteiger partial charge in [0.25, 0.3) is 0 Å². The fraction of sp³-hybridized carbons (Fsp3) is 0.464. The van der Waals surface area contributed by atoms with Crippen molar-refractivity contribution in [3.63, 3.8) is 0 Å². The van der Waals surface area contributed by atoms with Gasteiger partial charge in [-0.2, -0.15) is 4.48 Å². The lowest BCUT2D eigenvalue weighted by Crippen LogP contribution is -2.64. The van der Waals surface area contributed by atoms with E-state index in [1.807, 2.05) is 79.4 Å². The lowest BCUT2D eigenvalue weighted by molar-refractivity contribution is -0.774. The topological polar surface area (TPSA) is 89.7 Å². The Labute approximate surface area is 208 Å². The van der Waals surface area contributed by atoms with Gasteiger partial charge in [0.05, 0.1) is 13.6 Å². The normalized spacial score (nSPS) is 19.5. The van der Waals surface area contributed by atoms with Crippen LogP contribution in [0.1, 0.15) is 44.2 Å². The minimum atomic E-state index is -0.747. The maximum Gasteiger partial charge on any atom is 0.338 e. The predicted molar refractivity (Wildman–Crippen MR) is 135 cm³/mol. The van der Waals surface area contributed by atoms with Crippen LogP contribution in [-0.4, -0.2) is 59.4 Å². The summed E-state index contributed by atoms with van der Waals surface area (Å²) >= 11 is 0. The standard InChI is InChI=1S/C28H38N3O4/c1-4-21(2)26(29)28(34)31(3,19-22-12-7-5-8-13-22)27(33)24-16-11-17-30(24)18-25(32)35-20-23-14-9-6-10-15-23/h5-10,12-15,21,24,26H,4,11,16-20,29H2,1-3H3/q+1/t21-,24-,26-,31?/m0/s1. The van der Waals surface area contributed by atoms with Gasteiger partial charge in [-0.25, -0.2) is 9.59 Å². The quantitative estimate of drug-likeness (QED) is 0.415. The minimum Gasteiger partial charge on any atom is -0.460 e. The van der Waals surface area contributed by atoms with Crippen LogP contribution in [0.3, 0.4) is 0 Å². The van der Waals surface area contributed by atoms with Crippen LogP contribution in [0.25, 0.3) is 0 Å². The third-order valence-corrected chi connectivity index (χ3v) is 7.08. The smallest absolute Gasteiger partial charge is 0.338 e. The molecule has 1 unspecified atom stereocenters. The Bertz CT molecular complexity index is 998. The molecule has 2 aromatic carbocycles. The number of amides is 2. The van der Waals surface area contributed by atoms with Gasteiger partial charge in [-0.1, -0.05) is 80.9 Å². The molecule has 0 aromatic heterocycles. The van der Waals surface area contributed by atoms with E-state index in [1.165, 1.54) is 0 Å². The average Bonchev–Trinajstić information content (AvgIpc) is 3.34. The number of nitrogens with zero attached hydrogens (tertiary/aromatic N) is 2. The summed E-state index contributed by atoms with van der Waals surface area (Å²) in [5, 5.41) is 0. The van der Waals surface area contributed by atoms with Crippen LogP contribution in [0.2, 0.25) is 0 Å². The molecule has 35 heavy (non-hydrogen) atoms. The molecule has 0 radical (unpaired) electrons. The van der Waals surface area contributed by atoms with Gasteiger partial charge >= 0.3 is 17.8 Å². The van der Waals surface area contributed by atoms with Gasteiger partial charge in [-0.05, 0) is 30.9 Å². The lowest BCUT2D eigenvalue weighted by atomic mass is 9.96. The Kier molecular flexibility index (Phi) is 9.32. The summed E-state index contributed by atoms with van der Waals surface area (Å²) < 4.78 is 5.03. The molecule has 3 rings (SSSR count). The average molecular weight is 481 g/mol. The highest BCUT2D eigenvalue weighted by Gasteiger charge is 2.50. The van der Waals surface area contributed by atoms with Crippen LogP contribution in [0.15, 0.2) is 60.7 Å². The van der Waals surface area contributed by atoms with Gasteiger partial charge < -0.3 is 10.5 Å². The fourth-order valence-corrected chi connectivity index (χ4v) is 4.61. The summed E-state index contributed by atoms with van der Waals surface area (Å²) in [6.07, 6.45) is 2.12. The van der Waals surface area contributed by atoms with Crippen LogP contribution in [0.4, 0.5) is 0 Å². The molecule has 1 aliphatic heterocycles. The molecular weight excluding hydrogens is 442 g/mol. The number of esters is 1. The largest absolute Gasteiger partial charge is 0.460 e. The molecule has 0 spiro atoms. The molecule has 4 atom stereocenters. The van der Waals surface area contributed by atoms with Gasteiger partial charge in [0.15, 0.2) is 0 Å². The highest BCUT2D eigenvalue weighted by atomic mass is 16.5. The van der Waals surface area contributed by atoms with Gasteiger partial charge in [-0.15, -0.1) is 0 Å². The van der Waals surface area contributed by atoms with Gasteiger partial charge in [0.1, 0.15) is 25.2 Å². The number of nitrogens with two attached hydrogens (primary N) is 1. The van der Waals surface area contributed by atoms with Crippen molar-refractivity contribution in [2.45, 2.75) is 58.3 Å². The lowest BCUT2D eigenvalue weighted by Gasteiger charge is -2.36. The number of likely N-dealkylation sites (N-methyl/N-ethyl adjacent to an activating group) is 1. The van der Waals surface area contributed by atoms with Gasteiger partial charge in [-0.3, -0.25) is 9.69 Å². The van der Waals surface area contributed by atoms with E-state index in [4.69, 9.17) is 10.5 Å². The summed E-state index contributed by atoms with van der Waals surface area (Å²) in [4.78, 5) is 42.1. The molecule has 1 fully saturated rings. The Morgan fingerprint density at radius 3 is 2.26 bits per heavy atom. The molecule has 0 bridgehead atoms. The monoisotopic (exact) mass is 480 g/mol. The summed E-state index contributed by atoms with van der Waals surface area (Å²) in [5.74, 6) is -0.928. The number of hydrogen-bond donors (Lipinski definition) is 1. The van der Waals surface area contributed by atoms with E-state index in [1.54, 1.807) is 7.05 Å². The molecule has 1 aliphatic rings. The van der Waals surface area contributed by atoms with E-state index in [2.05, 4.69) is 0 Å². The third-order valence-electron chi connectivity index (χ3n) is 7.08. The van der Waals surface area contributed by atoms with Crippen molar-refractivity contribution in [2.24, 2.45) is 11.7 Å². The molecule has 0 aliphatic carbocycles. The molecule has 2 aromatic rings. The van der Waals surface area contributed by atoms with Crippen molar-refractivity contribution in [1.82, 2.24) is 4.90 Å². The van der Waals surface area contributed by atoms with Crippen LogP contribution >= 0.6 is 0 Å². The first kappa shape index (κ1) is 26.7. The second-order valence-corrected chi connectivity index (χ2v) is 9.70. The number of carbonyl (C=O) groups is 3. The number of rotatable bonds is 10. The van der Waals surface area contributed by atoms with Crippen LogP contribution in [0.5, 0.6) is 0 Å². The number of benzene rings is 2. The van der Waals surface area contributed by atoms with E-state index in [0.29, 0.717) is 13.0 Å². The van der Waals surface area contributed by atoms with Crippen LogP contribution in [-0.2, 0) is 32.3 Å². The summed E-state index contributed by atoms with van der Waals surface area (Å²) in [6, 6.07) is 17.7.